The highest BCUT2D eigenvalue weighted by Gasteiger charge is 2.09. The fourth-order valence-corrected chi connectivity index (χ4v) is 1.54. The third kappa shape index (κ3) is 3.26. The minimum absolute atomic E-state index is 0.753. The van der Waals surface area contributed by atoms with Crippen molar-refractivity contribution in [2.75, 3.05) is 0 Å². The van der Waals surface area contributed by atoms with Crippen molar-refractivity contribution in [1.82, 2.24) is 0 Å². The number of allylic oxidation sites excluding steroid dienone is 1. The highest BCUT2D eigenvalue weighted by molar-refractivity contribution is 4.85. The van der Waals surface area contributed by atoms with E-state index in [-0.39, 0.29) is 0 Å². The van der Waals surface area contributed by atoms with Gasteiger partial charge in [0.05, 0.1) is 12.5 Å². The molecule has 0 aliphatic heterocycles. The van der Waals surface area contributed by atoms with Crippen molar-refractivity contribution >= 4 is 0 Å². The molecule has 62 valence electrons. The Balaban J connectivity index is 2.18. The Morgan fingerprint density at radius 3 is 2.55 bits per heavy atom. The van der Waals surface area contributed by atoms with Crippen molar-refractivity contribution < 1.29 is 4.74 Å². The van der Waals surface area contributed by atoms with Crippen LogP contribution in [0.15, 0.2) is 25.2 Å². The lowest BCUT2D eigenvalue weighted by Crippen LogP contribution is -2.02. The lowest BCUT2D eigenvalue weighted by Gasteiger charge is -2.17. The molecule has 0 aromatic rings. The van der Waals surface area contributed by atoms with E-state index in [0.29, 0.717) is 0 Å². The van der Waals surface area contributed by atoms with Crippen LogP contribution in [0, 0.1) is 5.92 Å². The first-order valence-corrected chi connectivity index (χ1v) is 4.36. The molecule has 0 atom stereocenters. The fourth-order valence-electron chi connectivity index (χ4n) is 1.54. The Morgan fingerprint density at radius 1 is 1.18 bits per heavy atom. The monoisotopic (exact) mass is 152 g/mol. The van der Waals surface area contributed by atoms with Crippen LogP contribution in [0.2, 0.25) is 0 Å². The maximum Gasteiger partial charge on any atom is 0.0864 e. The molecule has 0 bridgehead atoms. The van der Waals surface area contributed by atoms with Crippen molar-refractivity contribution in [1.29, 1.82) is 0 Å². The Kier molecular flexibility index (Phi) is 3.81. The van der Waals surface area contributed by atoms with Gasteiger partial charge in [0.1, 0.15) is 0 Å². The second kappa shape index (κ2) is 5.00. The highest BCUT2D eigenvalue weighted by Crippen LogP contribution is 2.24. The Hall–Kier alpha value is -0.720. The molecular formula is C10H16O. The molecule has 0 amide bonds. The summed E-state index contributed by atoms with van der Waals surface area (Å²) in [5.41, 5.74) is 0. The van der Waals surface area contributed by atoms with Gasteiger partial charge in [-0.25, -0.2) is 0 Å². The fraction of sp³-hybridized carbons (Fsp3) is 0.600. The third-order valence-corrected chi connectivity index (χ3v) is 2.18. The van der Waals surface area contributed by atoms with Crippen LogP contribution < -0.4 is 0 Å². The van der Waals surface area contributed by atoms with Gasteiger partial charge >= 0.3 is 0 Å². The van der Waals surface area contributed by atoms with Gasteiger partial charge in [-0.2, -0.15) is 0 Å². The third-order valence-electron chi connectivity index (χ3n) is 2.18. The molecule has 1 fully saturated rings. The average Bonchev–Trinajstić information content (AvgIpc) is 2.07. The van der Waals surface area contributed by atoms with Gasteiger partial charge in [0.25, 0.3) is 0 Å². The second-order valence-corrected chi connectivity index (χ2v) is 3.03. The molecule has 0 unspecified atom stereocenters. The van der Waals surface area contributed by atoms with Crippen LogP contribution in [0.4, 0.5) is 0 Å². The molecule has 0 aromatic heterocycles. The quantitative estimate of drug-likeness (QED) is 0.564. The van der Waals surface area contributed by atoms with E-state index < -0.39 is 0 Å². The summed E-state index contributed by atoms with van der Waals surface area (Å²) in [4.78, 5) is 0. The smallest absolute Gasteiger partial charge is 0.0864 e. The second-order valence-electron chi connectivity index (χ2n) is 3.03. The molecule has 1 heteroatoms. The van der Waals surface area contributed by atoms with E-state index in [1.54, 1.807) is 6.26 Å². The number of ether oxygens (including phenoxy) is 1. The Bertz CT molecular complexity index is 132. The summed E-state index contributed by atoms with van der Waals surface area (Å²) in [5, 5.41) is 0. The van der Waals surface area contributed by atoms with E-state index in [1.165, 1.54) is 38.4 Å². The summed E-state index contributed by atoms with van der Waals surface area (Å²) in [6, 6.07) is 0. The first kappa shape index (κ1) is 8.38. The lowest BCUT2D eigenvalue weighted by atomic mass is 9.89. The predicted octanol–water partition coefficient (Wildman–Crippen LogP) is 3.24. The first-order valence-electron chi connectivity index (χ1n) is 4.36. The van der Waals surface area contributed by atoms with Gasteiger partial charge in [-0.15, -0.1) is 0 Å². The van der Waals surface area contributed by atoms with Crippen LogP contribution in [0.1, 0.15) is 32.1 Å². The predicted molar refractivity (Wildman–Crippen MR) is 47.0 cm³/mol. The van der Waals surface area contributed by atoms with Gasteiger partial charge in [0, 0.05) is 0 Å². The SMILES string of the molecule is C=COC=CC1CCCCC1. The number of hydrogen-bond donors (Lipinski definition) is 0. The molecule has 0 spiro atoms. The summed E-state index contributed by atoms with van der Waals surface area (Å²) in [6.45, 7) is 3.47. The van der Waals surface area contributed by atoms with Crippen molar-refractivity contribution in [2.45, 2.75) is 32.1 Å². The number of rotatable bonds is 3. The molecule has 1 rings (SSSR count). The molecule has 0 aromatic carbocycles. The van der Waals surface area contributed by atoms with Gasteiger partial charge in [-0.3, -0.25) is 0 Å². The summed E-state index contributed by atoms with van der Waals surface area (Å²) in [5.74, 6) is 0.753. The maximum atomic E-state index is 4.92. The van der Waals surface area contributed by atoms with Gasteiger partial charge in [0.2, 0.25) is 0 Å². The van der Waals surface area contributed by atoms with Gasteiger partial charge < -0.3 is 4.74 Å². The van der Waals surface area contributed by atoms with E-state index in [0.717, 1.165) is 5.92 Å². The molecule has 1 aliphatic rings. The Morgan fingerprint density at radius 2 is 1.91 bits per heavy atom. The molecule has 11 heavy (non-hydrogen) atoms. The zero-order chi connectivity index (χ0) is 7.94. The van der Waals surface area contributed by atoms with Crippen molar-refractivity contribution in [3.8, 4) is 0 Å². The van der Waals surface area contributed by atoms with Crippen molar-refractivity contribution in [2.24, 2.45) is 5.92 Å². The molecule has 1 nitrogen and oxygen atoms in total. The molecule has 1 saturated carbocycles. The van der Waals surface area contributed by atoms with Crippen LogP contribution in [0.3, 0.4) is 0 Å². The van der Waals surface area contributed by atoms with Crippen molar-refractivity contribution in [3.05, 3.63) is 25.2 Å². The van der Waals surface area contributed by atoms with E-state index in [9.17, 15) is 0 Å². The molecule has 0 N–H and O–H groups in total. The number of hydrogen-bond acceptors (Lipinski definition) is 1. The van der Waals surface area contributed by atoms with Crippen molar-refractivity contribution in [3.63, 3.8) is 0 Å². The summed E-state index contributed by atoms with van der Waals surface area (Å²) >= 11 is 0. The van der Waals surface area contributed by atoms with Gasteiger partial charge in [-0.1, -0.05) is 25.8 Å². The van der Waals surface area contributed by atoms with E-state index in [4.69, 9.17) is 4.74 Å². The highest BCUT2D eigenvalue weighted by atomic mass is 16.5. The van der Waals surface area contributed by atoms with Crippen LogP contribution in [-0.4, -0.2) is 0 Å². The summed E-state index contributed by atoms with van der Waals surface area (Å²) in [6.07, 6.45) is 12.2. The van der Waals surface area contributed by atoms with Crippen LogP contribution in [-0.2, 0) is 4.74 Å². The molecular weight excluding hydrogens is 136 g/mol. The summed E-state index contributed by atoms with van der Waals surface area (Å²) < 4.78 is 4.92. The molecule has 1 aliphatic carbocycles. The van der Waals surface area contributed by atoms with Crippen LogP contribution >= 0.6 is 0 Å². The largest absolute Gasteiger partial charge is 0.474 e. The topological polar surface area (TPSA) is 9.23 Å². The standard InChI is InChI=1S/C10H16O/c1-2-11-9-8-10-6-4-3-5-7-10/h2,8-10H,1,3-7H2. The molecule has 0 heterocycles. The van der Waals surface area contributed by atoms with Crippen LogP contribution in [0.25, 0.3) is 0 Å². The summed E-state index contributed by atoms with van der Waals surface area (Å²) in [7, 11) is 0. The normalized spacial score (nSPS) is 20.4. The van der Waals surface area contributed by atoms with E-state index in [1.807, 2.05) is 0 Å². The van der Waals surface area contributed by atoms with Gasteiger partial charge in [0.15, 0.2) is 0 Å². The van der Waals surface area contributed by atoms with E-state index >= 15 is 0 Å². The van der Waals surface area contributed by atoms with E-state index in [2.05, 4.69) is 12.7 Å². The molecule has 0 radical (unpaired) electrons. The zero-order valence-electron chi connectivity index (χ0n) is 6.96. The van der Waals surface area contributed by atoms with Crippen LogP contribution in [0.5, 0.6) is 0 Å². The minimum Gasteiger partial charge on any atom is -0.474 e. The Labute approximate surface area is 68.8 Å². The minimum atomic E-state index is 0.753. The first-order chi connectivity index (χ1) is 5.43. The average molecular weight is 152 g/mol. The maximum absolute atomic E-state index is 4.92. The zero-order valence-corrected chi connectivity index (χ0v) is 6.96. The van der Waals surface area contributed by atoms with Gasteiger partial charge in [-0.05, 0) is 24.8 Å². The lowest BCUT2D eigenvalue weighted by molar-refractivity contribution is 0.378. The molecule has 0 saturated heterocycles.